The van der Waals surface area contributed by atoms with E-state index in [9.17, 15) is 4.79 Å². The molecule has 1 fully saturated rings. The first-order valence-electron chi connectivity index (χ1n) is 9.11. The van der Waals surface area contributed by atoms with Crippen molar-refractivity contribution < 1.29 is 4.79 Å². The lowest BCUT2D eigenvalue weighted by atomic mass is 9.89. The van der Waals surface area contributed by atoms with E-state index in [-0.39, 0.29) is 11.4 Å². The van der Waals surface area contributed by atoms with Gasteiger partial charge in [-0.25, -0.2) is 9.67 Å². The van der Waals surface area contributed by atoms with E-state index in [1.54, 1.807) is 22.0 Å². The lowest BCUT2D eigenvalue weighted by Crippen LogP contribution is -2.37. The zero-order valence-corrected chi connectivity index (χ0v) is 15.4. The van der Waals surface area contributed by atoms with Gasteiger partial charge >= 0.3 is 0 Å². The molecule has 2 aromatic heterocycles. The summed E-state index contributed by atoms with van der Waals surface area (Å²) in [4.78, 5) is 19.3. The van der Waals surface area contributed by atoms with Crippen LogP contribution >= 0.6 is 0 Å². The zero-order chi connectivity index (χ0) is 17.9. The van der Waals surface area contributed by atoms with Gasteiger partial charge in [0, 0.05) is 12.7 Å². The van der Waals surface area contributed by atoms with Crippen LogP contribution in [0, 0.1) is 5.92 Å². The average molecular weight is 341 g/mol. The third kappa shape index (κ3) is 4.24. The Morgan fingerprint density at radius 2 is 2.00 bits per heavy atom. The van der Waals surface area contributed by atoms with Crippen molar-refractivity contribution >= 4 is 11.7 Å². The van der Waals surface area contributed by atoms with Crippen molar-refractivity contribution in [1.82, 2.24) is 20.0 Å². The Morgan fingerprint density at radius 1 is 1.24 bits per heavy atom. The Balaban J connectivity index is 1.85. The van der Waals surface area contributed by atoms with Crippen LogP contribution in [0.5, 0.6) is 0 Å². The van der Waals surface area contributed by atoms with E-state index < -0.39 is 0 Å². The van der Waals surface area contributed by atoms with Gasteiger partial charge in [-0.15, -0.1) is 5.10 Å². The SMILES string of the molecule is CC(C)(C)n1cc(C(=O)N(CC2CCCCC2)c2ccccn2)nn1. The Hall–Kier alpha value is -2.24. The molecule has 2 heterocycles. The van der Waals surface area contributed by atoms with Crippen molar-refractivity contribution in [3.05, 3.63) is 36.3 Å². The summed E-state index contributed by atoms with van der Waals surface area (Å²) in [6, 6.07) is 5.66. The van der Waals surface area contributed by atoms with Gasteiger partial charge in [0.15, 0.2) is 5.69 Å². The summed E-state index contributed by atoms with van der Waals surface area (Å²) >= 11 is 0. The van der Waals surface area contributed by atoms with Crippen LogP contribution in [-0.4, -0.2) is 32.4 Å². The van der Waals surface area contributed by atoms with Gasteiger partial charge < -0.3 is 0 Å². The molecule has 0 bridgehead atoms. The van der Waals surface area contributed by atoms with E-state index in [4.69, 9.17) is 0 Å². The van der Waals surface area contributed by atoms with E-state index in [1.807, 2.05) is 39.0 Å². The number of aromatic nitrogens is 4. The quantitative estimate of drug-likeness (QED) is 0.851. The first-order chi connectivity index (χ1) is 11.9. The van der Waals surface area contributed by atoms with E-state index >= 15 is 0 Å². The van der Waals surface area contributed by atoms with Gasteiger partial charge in [-0.1, -0.05) is 30.5 Å². The van der Waals surface area contributed by atoms with E-state index in [2.05, 4.69) is 15.3 Å². The minimum absolute atomic E-state index is 0.125. The number of hydrogen-bond donors (Lipinski definition) is 0. The van der Waals surface area contributed by atoms with Crippen LogP contribution in [0.4, 0.5) is 5.82 Å². The molecule has 0 aliphatic heterocycles. The van der Waals surface area contributed by atoms with Crippen LogP contribution in [-0.2, 0) is 5.54 Å². The highest BCUT2D eigenvalue weighted by Crippen LogP contribution is 2.26. The molecule has 0 unspecified atom stereocenters. The Labute approximate surface area is 149 Å². The van der Waals surface area contributed by atoms with E-state index in [0.29, 0.717) is 24.0 Å². The summed E-state index contributed by atoms with van der Waals surface area (Å²) in [6.45, 7) is 6.80. The van der Waals surface area contributed by atoms with Crippen molar-refractivity contribution in [1.29, 1.82) is 0 Å². The summed E-state index contributed by atoms with van der Waals surface area (Å²) in [6.07, 6.45) is 9.59. The first-order valence-corrected chi connectivity index (χ1v) is 9.11. The van der Waals surface area contributed by atoms with Gasteiger partial charge in [-0.3, -0.25) is 9.69 Å². The Bertz CT molecular complexity index is 698. The second-order valence-corrected chi connectivity index (χ2v) is 7.83. The predicted octanol–water partition coefficient (Wildman–Crippen LogP) is 3.66. The maximum absolute atomic E-state index is 13.1. The van der Waals surface area contributed by atoms with Gasteiger partial charge in [0.1, 0.15) is 5.82 Å². The number of carbonyl (C=O) groups is 1. The van der Waals surface area contributed by atoms with Crippen molar-refractivity contribution in [2.75, 3.05) is 11.4 Å². The maximum atomic E-state index is 13.1. The molecule has 0 atom stereocenters. The fourth-order valence-electron chi connectivity index (χ4n) is 3.25. The highest BCUT2D eigenvalue weighted by atomic mass is 16.2. The highest BCUT2D eigenvalue weighted by molar-refractivity contribution is 6.04. The standard InChI is InChI=1S/C19H27N5O/c1-19(2,3)24-14-16(21-22-24)18(25)23(17-11-7-8-12-20-17)13-15-9-5-4-6-10-15/h7-8,11-12,14-15H,4-6,9-10,13H2,1-3H3. The molecule has 0 radical (unpaired) electrons. The molecule has 1 aliphatic rings. The minimum atomic E-state index is -0.204. The molecule has 1 amide bonds. The number of carbonyl (C=O) groups excluding carboxylic acids is 1. The molecule has 0 saturated heterocycles. The predicted molar refractivity (Wildman–Crippen MR) is 97.5 cm³/mol. The average Bonchev–Trinajstić information content (AvgIpc) is 3.11. The van der Waals surface area contributed by atoms with Crippen LogP contribution in [0.2, 0.25) is 0 Å². The minimum Gasteiger partial charge on any atom is -0.291 e. The molecular formula is C19H27N5O. The molecule has 6 heteroatoms. The molecule has 1 aliphatic carbocycles. The lowest BCUT2D eigenvalue weighted by molar-refractivity contribution is 0.0974. The molecular weight excluding hydrogens is 314 g/mol. The van der Waals surface area contributed by atoms with Gasteiger partial charge in [0.2, 0.25) is 0 Å². The zero-order valence-electron chi connectivity index (χ0n) is 15.4. The number of nitrogens with zero attached hydrogens (tertiary/aromatic N) is 5. The van der Waals surface area contributed by atoms with Crippen LogP contribution in [0.15, 0.2) is 30.6 Å². The fraction of sp³-hybridized carbons (Fsp3) is 0.579. The molecule has 134 valence electrons. The topological polar surface area (TPSA) is 63.9 Å². The molecule has 0 aromatic carbocycles. The molecule has 1 saturated carbocycles. The second-order valence-electron chi connectivity index (χ2n) is 7.83. The van der Waals surface area contributed by atoms with Crippen LogP contribution in [0.25, 0.3) is 0 Å². The monoisotopic (exact) mass is 341 g/mol. The fourth-order valence-corrected chi connectivity index (χ4v) is 3.25. The second kappa shape index (κ2) is 7.33. The Kier molecular flexibility index (Phi) is 5.16. The summed E-state index contributed by atoms with van der Waals surface area (Å²) < 4.78 is 1.73. The number of rotatable bonds is 4. The largest absolute Gasteiger partial charge is 0.291 e. The molecule has 25 heavy (non-hydrogen) atoms. The summed E-state index contributed by atoms with van der Waals surface area (Å²) in [5.74, 6) is 1.08. The van der Waals surface area contributed by atoms with E-state index in [1.165, 1.54) is 32.1 Å². The number of pyridine rings is 1. The maximum Gasteiger partial charge on any atom is 0.281 e. The lowest BCUT2D eigenvalue weighted by Gasteiger charge is -2.28. The van der Waals surface area contributed by atoms with Crippen molar-refractivity contribution in [2.45, 2.75) is 58.4 Å². The van der Waals surface area contributed by atoms with Crippen molar-refractivity contribution in [3.8, 4) is 0 Å². The smallest absolute Gasteiger partial charge is 0.281 e. The van der Waals surface area contributed by atoms with Gasteiger partial charge in [0.25, 0.3) is 5.91 Å². The third-order valence-electron chi connectivity index (χ3n) is 4.74. The molecule has 3 rings (SSSR count). The van der Waals surface area contributed by atoms with Gasteiger partial charge in [-0.05, 0) is 51.7 Å². The molecule has 6 nitrogen and oxygen atoms in total. The van der Waals surface area contributed by atoms with E-state index in [0.717, 1.165) is 0 Å². The van der Waals surface area contributed by atoms with Crippen LogP contribution in [0.1, 0.15) is 63.4 Å². The molecule has 0 N–H and O–H groups in total. The normalized spacial score (nSPS) is 16.0. The summed E-state index contributed by atoms with van der Waals surface area (Å²) in [5, 5.41) is 8.25. The summed E-state index contributed by atoms with van der Waals surface area (Å²) in [5.41, 5.74) is 0.168. The highest BCUT2D eigenvalue weighted by Gasteiger charge is 2.27. The number of amides is 1. The third-order valence-corrected chi connectivity index (χ3v) is 4.74. The van der Waals surface area contributed by atoms with Gasteiger partial charge in [-0.2, -0.15) is 0 Å². The first kappa shape index (κ1) is 17.6. The summed E-state index contributed by atoms with van der Waals surface area (Å²) in [7, 11) is 0. The molecule has 2 aromatic rings. The van der Waals surface area contributed by atoms with Crippen molar-refractivity contribution in [2.24, 2.45) is 5.92 Å². The van der Waals surface area contributed by atoms with Crippen molar-refractivity contribution in [3.63, 3.8) is 0 Å². The number of anilines is 1. The Morgan fingerprint density at radius 3 is 2.60 bits per heavy atom. The van der Waals surface area contributed by atoms with Crippen LogP contribution < -0.4 is 4.90 Å². The number of hydrogen-bond acceptors (Lipinski definition) is 4. The van der Waals surface area contributed by atoms with Crippen LogP contribution in [0.3, 0.4) is 0 Å². The molecule has 0 spiro atoms. The van der Waals surface area contributed by atoms with Gasteiger partial charge in [0.05, 0.1) is 11.7 Å².